The number of carbonyl (C=O) groups excluding carboxylic acids is 1. The summed E-state index contributed by atoms with van der Waals surface area (Å²) in [7, 11) is -4.69. The molecule has 17 heteroatoms. The van der Waals surface area contributed by atoms with Crippen LogP contribution in [0.4, 0.5) is 4.39 Å². The Balaban J connectivity index is 1.43. The van der Waals surface area contributed by atoms with Crippen LogP contribution in [0.1, 0.15) is 18.7 Å². The van der Waals surface area contributed by atoms with Gasteiger partial charge in [0.05, 0.1) is 6.61 Å². The van der Waals surface area contributed by atoms with Gasteiger partial charge in [-0.25, -0.2) is 13.8 Å². The Morgan fingerprint density at radius 1 is 1.17 bits per heavy atom. The maximum atomic E-state index is 15.4. The van der Waals surface area contributed by atoms with Crippen molar-refractivity contribution in [2.75, 3.05) is 6.61 Å². The lowest BCUT2D eigenvalue weighted by Gasteiger charge is -2.29. The molecule has 1 saturated heterocycles. The van der Waals surface area contributed by atoms with E-state index in [1.54, 1.807) is 66.7 Å². The number of ether oxygens (including phenoxy) is 2. The van der Waals surface area contributed by atoms with Gasteiger partial charge in [-0.2, -0.15) is 5.09 Å². The molecule has 46 heavy (non-hydrogen) atoms. The van der Waals surface area contributed by atoms with Gasteiger partial charge in [0.1, 0.15) is 24.5 Å². The quantitative estimate of drug-likeness (QED) is 0.0661. The highest BCUT2D eigenvalue weighted by Gasteiger charge is 2.57. The standard InChI is InChI=1S/C29H28FN6O9P/c1-18(27(39)42-16-19-8-3-2-4-9-19)33-46(41,45-22-13-7-11-20-10-5-6-12-21(20)22)43-17-29(34-35-31)25(38)24(30)26(44-29)36-15-14-23(37)32-28(36)40/h2-15,18,24-26,38H,16-17H2,1H3,(H,33,41)(H,32,37,40)/t18-,24+,25-,26+,29+,46?/m0/s1. The number of halogens is 1. The number of azide groups is 1. The van der Waals surface area contributed by atoms with Gasteiger partial charge in [-0.15, -0.1) is 0 Å². The van der Waals surface area contributed by atoms with Crippen molar-refractivity contribution in [3.63, 3.8) is 0 Å². The number of benzene rings is 3. The molecule has 0 aliphatic carbocycles. The van der Waals surface area contributed by atoms with Gasteiger partial charge in [-0.3, -0.25) is 23.7 Å². The largest absolute Gasteiger partial charge is 0.460 e. The van der Waals surface area contributed by atoms with E-state index in [0.29, 0.717) is 15.5 Å². The van der Waals surface area contributed by atoms with Gasteiger partial charge < -0.3 is 19.1 Å². The van der Waals surface area contributed by atoms with Crippen molar-refractivity contribution in [1.82, 2.24) is 14.6 Å². The van der Waals surface area contributed by atoms with Crippen LogP contribution >= 0.6 is 7.75 Å². The summed E-state index contributed by atoms with van der Waals surface area (Å²) in [5.41, 5.74) is 5.58. The first-order valence-corrected chi connectivity index (χ1v) is 15.4. The smallest absolute Gasteiger partial charge is 0.459 e. The van der Waals surface area contributed by atoms with Crippen molar-refractivity contribution in [2.24, 2.45) is 5.11 Å². The molecule has 1 aliphatic rings. The summed E-state index contributed by atoms with van der Waals surface area (Å²) in [5, 5.41) is 18.0. The fourth-order valence-electron chi connectivity index (χ4n) is 4.71. The third kappa shape index (κ3) is 7.02. The van der Waals surface area contributed by atoms with Gasteiger partial charge in [0.15, 0.2) is 12.4 Å². The highest BCUT2D eigenvalue weighted by Crippen LogP contribution is 2.49. The van der Waals surface area contributed by atoms with E-state index >= 15 is 4.39 Å². The van der Waals surface area contributed by atoms with E-state index in [9.17, 15) is 29.6 Å². The lowest BCUT2D eigenvalue weighted by molar-refractivity contribution is -0.146. The van der Waals surface area contributed by atoms with Crippen LogP contribution in [0.2, 0.25) is 0 Å². The fourth-order valence-corrected chi connectivity index (χ4v) is 6.24. The summed E-state index contributed by atoms with van der Waals surface area (Å²) in [6, 6.07) is 20.3. The van der Waals surface area contributed by atoms with Crippen LogP contribution in [-0.4, -0.2) is 51.3 Å². The number of hydrogen-bond acceptors (Lipinski definition) is 10. The normalized spacial score (nSPS) is 22.8. The highest BCUT2D eigenvalue weighted by atomic mass is 31.2. The Hall–Kier alpha value is -4.82. The van der Waals surface area contributed by atoms with Gasteiger partial charge in [-0.05, 0) is 29.5 Å². The van der Waals surface area contributed by atoms with Gasteiger partial charge in [-0.1, -0.05) is 71.8 Å². The third-order valence-corrected chi connectivity index (χ3v) is 8.65. The summed E-state index contributed by atoms with van der Waals surface area (Å²) in [6.45, 7) is 0.189. The predicted molar refractivity (Wildman–Crippen MR) is 161 cm³/mol. The molecule has 15 nitrogen and oxygen atoms in total. The molecule has 4 aromatic rings. The molecule has 6 atom stereocenters. The molecule has 3 N–H and O–H groups in total. The summed E-state index contributed by atoms with van der Waals surface area (Å²) in [6.07, 6.45) is -5.58. The average Bonchev–Trinajstić information content (AvgIpc) is 3.29. The summed E-state index contributed by atoms with van der Waals surface area (Å²) < 4.78 is 52.7. The molecular formula is C29H28FN6O9P. The van der Waals surface area contributed by atoms with Crippen molar-refractivity contribution in [1.29, 1.82) is 0 Å². The molecule has 2 heterocycles. The topological polar surface area (TPSA) is 207 Å². The number of alkyl halides is 1. The Morgan fingerprint density at radius 3 is 2.63 bits per heavy atom. The molecule has 0 amide bonds. The van der Waals surface area contributed by atoms with Crippen LogP contribution in [0.5, 0.6) is 5.75 Å². The molecule has 1 aromatic heterocycles. The van der Waals surface area contributed by atoms with Crippen molar-refractivity contribution >= 4 is 24.5 Å². The molecule has 1 fully saturated rings. The van der Waals surface area contributed by atoms with E-state index in [1.807, 2.05) is 4.98 Å². The second kappa shape index (κ2) is 13.7. The molecule has 1 aliphatic heterocycles. The lowest BCUT2D eigenvalue weighted by atomic mass is 10.1. The molecule has 0 spiro atoms. The zero-order valence-corrected chi connectivity index (χ0v) is 25.0. The number of rotatable bonds is 12. The number of aromatic amines is 1. The van der Waals surface area contributed by atoms with Crippen molar-refractivity contribution in [3.05, 3.63) is 122 Å². The number of nitrogens with one attached hydrogen (secondary N) is 2. The van der Waals surface area contributed by atoms with Crippen LogP contribution in [0.15, 0.2) is 99.8 Å². The molecule has 3 aromatic carbocycles. The minimum Gasteiger partial charge on any atom is -0.460 e. The monoisotopic (exact) mass is 654 g/mol. The molecule has 0 saturated carbocycles. The van der Waals surface area contributed by atoms with E-state index < -0.39 is 61.8 Å². The van der Waals surface area contributed by atoms with Crippen molar-refractivity contribution in [2.45, 2.75) is 43.8 Å². The minimum absolute atomic E-state index is 0.0746. The van der Waals surface area contributed by atoms with E-state index in [4.69, 9.17) is 18.5 Å². The number of aliphatic hydroxyl groups is 1. The van der Waals surface area contributed by atoms with Gasteiger partial charge in [0.25, 0.3) is 5.56 Å². The predicted octanol–water partition coefficient (Wildman–Crippen LogP) is 3.85. The maximum absolute atomic E-state index is 15.4. The summed E-state index contributed by atoms with van der Waals surface area (Å²) >= 11 is 0. The first-order chi connectivity index (χ1) is 22.0. The molecule has 0 radical (unpaired) electrons. The number of esters is 1. The Kier molecular flexibility index (Phi) is 9.68. The zero-order valence-electron chi connectivity index (χ0n) is 24.1. The van der Waals surface area contributed by atoms with Gasteiger partial charge in [0, 0.05) is 22.6 Å². The van der Waals surface area contributed by atoms with Crippen molar-refractivity contribution in [3.8, 4) is 5.75 Å². The Morgan fingerprint density at radius 2 is 1.89 bits per heavy atom. The van der Waals surface area contributed by atoms with Gasteiger partial charge >= 0.3 is 19.4 Å². The third-order valence-electron chi connectivity index (χ3n) is 7.04. The highest BCUT2D eigenvalue weighted by molar-refractivity contribution is 7.52. The van der Waals surface area contributed by atoms with Crippen LogP contribution in [0.3, 0.4) is 0 Å². The zero-order chi connectivity index (χ0) is 32.9. The number of carbonyl (C=O) groups is 1. The number of aromatic nitrogens is 2. The fraction of sp³-hybridized carbons (Fsp3) is 0.276. The summed E-state index contributed by atoms with van der Waals surface area (Å²) in [5.74, 6) is -0.747. The number of hydrogen-bond donors (Lipinski definition) is 3. The second-order valence-electron chi connectivity index (χ2n) is 10.2. The maximum Gasteiger partial charge on any atom is 0.459 e. The van der Waals surface area contributed by atoms with E-state index in [-0.39, 0.29) is 12.4 Å². The second-order valence-corrected chi connectivity index (χ2v) is 11.9. The molecule has 0 bridgehead atoms. The van der Waals surface area contributed by atoms with Gasteiger partial charge in [0.2, 0.25) is 5.72 Å². The Bertz CT molecular complexity index is 1930. The molecule has 240 valence electrons. The number of H-pyrrole nitrogens is 1. The van der Waals surface area contributed by atoms with E-state index in [1.165, 1.54) is 13.0 Å². The van der Waals surface area contributed by atoms with Crippen LogP contribution < -0.4 is 20.9 Å². The first-order valence-electron chi connectivity index (χ1n) is 13.8. The number of fused-ring (bicyclic) bond motifs is 1. The molecule has 1 unspecified atom stereocenters. The van der Waals surface area contributed by atoms with Crippen LogP contribution in [0, 0.1) is 0 Å². The van der Waals surface area contributed by atoms with Crippen LogP contribution in [0.25, 0.3) is 21.2 Å². The minimum atomic E-state index is -4.69. The van der Waals surface area contributed by atoms with E-state index in [2.05, 4.69) is 15.1 Å². The lowest BCUT2D eigenvalue weighted by Crippen LogP contribution is -2.45. The average molecular weight is 655 g/mol. The number of aliphatic hydroxyl groups excluding tert-OH is 1. The summed E-state index contributed by atoms with van der Waals surface area (Å²) in [4.78, 5) is 41.3. The number of nitrogens with zero attached hydrogens (tertiary/aromatic N) is 4. The molecular weight excluding hydrogens is 626 g/mol. The van der Waals surface area contributed by atoms with E-state index in [0.717, 1.165) is 17.6 Å². The first kappa shape index (κ1) is 32.6. The van der Waals surface area contributed by atoms with Crippen LogP contribution in [-0.2, 0) is 30.0 Å². The van der Waals surface area contributed by atoms with Crippen molar-refractivity contribution < 1.29 is 37.4 Å². The Labute approximate surface area is 259 Å². The molecule has 5 rings (SSSR count). The SMILES string of the molecule is C[C@H](NP(=O)(OC[C@@]1(N=[N+]=[N-])O[C@@H](n2ccc(=O)[nH]c2=O)[C@H](F)[C@@H]1O)Oc1cccc2ccccc12)C(=O)OCc1ccccc1.